The van der Waals surface area contributed by atoms with E-state index in [0.29, 0.717) is 24.3 Å². The van der Waals surface area contributed by atoms with Crippen LogP contribution in [-0.4, -0.2) is 27.2 Å². The number of alkyl halides is 1. The second kappa shape index (κ2) is 6.99. The first-order valence-electron chi connectivity index (χ1n) is 6.41. The molecule has 0 aliphatic rings. The molecule has 0 atom stereocenters. The molecule has 2 aromatic rings. The number of fused-ring (bicyclic) bond motifs is 1. The lowest BCUT2D eigenvalue weighted by Crippen LogP contribution is -2.26. The normalized spacial score (nSPS) is 10.9. The maximum atomic E-state index is 12.0. The maximum Gasteiger partial charge on any atom is 0.258 e. The fourth-order valence-electron chi connectivity index (χ4n) is 1.90. The molecule has 1 amide bonds. The Kier molecular flexibility index (Phi) is 5.31. The van der Waals surface area contributed by atoms with Crippen molar-refractivity contribution in [2.75, 3.05) is 11.9 Å². The van der Waals surface area contributed by atoms with Crippen LogP contribution in [0.5, 0.6) is 0 Å². The minimum atomic E-state index is -0.0608. The molecule has 0 aliphatic heterocycles. The van der Waals surface area contributed by atoms with Gasteiger partial charge in [0.1, 0.15) is 0 Å². The molecule has 0 bridgehead atoms. The van der Waals surface area contributed by atoms with Crippen molar-refractivity contribution in [2.24, 2.45) is 0 Å². The quantitative estimate of drug-likeness (QED) is 0.803. The fraction of sp³-hybridized carbons (Fsp3) is 0.462. The Labute approximate surface area is 129 Å². The number of hydrogen-bond acceptors (Lipinski definition) is 4. The third-order valence-electron chi connectivity index (χ3n) is 2.84. The minimum absolute atomic E-state index is 0.0466. The zero-order chi connectivity index (χ0) is 14.5. The summed E-state index contributed by atoms with van der Waals surface area (Å²) in [6.45, 7) is 2.35. The maximum absolute atomic E-state index is 12.0. The summed E-state index contributed by atoms with van der Waals surface area (Å²) in [5.74, 6) is 0.0466. The Morgan fingerprint density at radius 3 is 3.10 bits per heavy atom. The largest absolute Gasteiger partial charge is 0.356 e. The zero-order valence-corrected chi connectivity index (χ0v) is 13.6. The van der Waals surface area contributed by atoms with Gasteiger partial charge in [-0.3, -0.25) is 14.0 Å². The van der Waals surface area contributed by atoms with Gasteiger partial charge < -0.3 is 5.32 Å². The van der Waals surface area contributed by atoms with Gasteiger partial charge in [-0.25, -0.2) is 4.98 Å². The van der Waals surface area contributed by atoms with E-state index in [4.69, 9.17) is 0 Å². The first-order chi connectivity index (χ1) is 9.61. The topological polar surface area (TPSA) is 63.5 Å². The van der Waals surface area contributed by atoms with Crippen LogP contribution in [0.2, 0.25) is 0 Å². The number of aryl methyl sites for hydroxylation is 1. The van der Waals surface area contributed by atoms with Gasteiger partial charge in [0.2, 0.25) is 5.91 Å². The van der Waals surface area contributed by atoms with E-state index in [0.717, 1.165) is 23.1 Å². The molecule has 0 unspecified atom stereocenters. The van der Waals surface area contributed by atoms with Crippen molar-refractivity contribution in [3.8, 4) is 0 Å². The number of nitrogens with zero attached hydrogens (tertiary/aromatic N) is 2. The number of carbonyl (C=O) groups excluding carboxylic acids is 1. The van der Waals surface area contributed by atoms with E-state index in [1.165, 1.54) is 17.4 Å². The summed E-state index contributed by atoms with van der Waals surface area (Å²) in [6.07, 6.45) is 1.98. The predicted molar refractivity (Wildman–Crippen MR) is 83.8 cm³/mol. The first-order valence-corrected chi connectivity index (χ1v) is 8.41. The van der Waals surface area contributed by atoms with Crippen molar-refractivity contribution in [2.45, 2.75) is 26.2 Å². The number of amides is 1. The highest BCUT2D eigenvalue weighted by atomic mass is 79.9. The number of aromatic nitrogens is 2. The van der Waals surface area contributed by atoms with Crippen LogP contribution < -0.4 is 10.9 Å². The molecule has 0 aliphatic carbocycles. The van der Waals surface area contributed by atoms with E-state index in [9.17, 15) is 9.59 Å². The van der Waals surface area contributed by atoms with Crippen LogP contribution in [0.15, 0.2) is 16.2 Å². The number of thiazole rings is 1. The number of nitrogens with one attached hydrogen (secondary N) is 1. The van der Waals surface area contributed by atoms with Crippen molar-refractivity contribution in [3.63, 3.8) is 0 Å². The fourth-order valence-corrected chi connectivity index (χ4v) is 3.16. The van der Waals surface area contributed by atoms with Crippen molar-refractivity contribution < 1.29 is 4.79 Å². The lowest BCUT2D eigenvalue weighted by atomic mass is 10.3. The van der Waals surface area contributed by atoms with E-state index in [-0.39, 0.29) is 11.5 Å². The van der Waals surface area contributed by atoms with E-state index in [1.807, 2.05) is 12.3 Å². The molecule has 7 heteroatoms. The van der Waals surface area contributed by atoms with Crippen LogP contribution in [0, 0.1) is 6.92 Å². The van der Waals surface area contributed by atoms with Gasteiger partial charge in [0.25, 0.3) is 5.56 Å². The van der Waals surface area contributed by atoms with Crippen molar-refractivity contribution >= 4 is 38.1 Å². The summed E-state index contributed by atoms with van der Waals surface area (Å²) in [5, 5.41) is 5.61. The molecule has 0 spiro atoms. The molecule has 2 aromatic heterocycles. The van der Waals surface area contributed by atoms with Crippen molar-refractivity contribution in [3.05, 3.63) is 33.2 Å². The van der Waals surface area contributed by atoms with Gasteiger partial charge in [-0.1, -0.05) is 15.9 Å². The van der Waals surface area contributed by atoms with Gasteiger partial charge in [0, 0.05) is 47.6 Å². The van der Waals surface area contributed by atoms with Gasteiger partial charge in [0.15, 0.2) is 4.96 Å². The monoisotopic (exact) mass is 357 g/mol. The number of halogens is 1. The second-order valence-corrected chi connectivity index (χ2v) is 6.10. The first kappa shape index (κ1) is 15.2. The smallest absolute Gasteiger partial charge is 0.258 e. The molecular weight excluding hydrogens is 342 g/mol. The molecule has 0 aromatic carbocycles. The second-order valence-electron chi connectivity index (χ2n) is 4.47. The van der Waals surface area contributed by atoms with Crippen LogP contribution in [0.4, 0.5) is 0 Å². The Morgan fingerprint density at radius 2 is 2.35 bits per heavy atom. The molecule has 20 heavy (non-hydrogen) atoms. The van der Waals surface area contributed by atoms with Gasteiger partial charge in [-0.05, 0) is 13.3 Å². The highest BCUT2D eigenvalue weighted by molar-refractivity contribution is 9.09. The molecule has 5 nitrogen and oxygen atoms in total. The predicted octanol–water partition coefficient (Wildman–Crippen LogP) is 1.90. The number of rotatable bonds is 6. The van der Waals surface area contributed by atoms with E-state index < -0.39 is 0 Å². The molecule has 0 saturated carbocycles. The molecule has 2 rings (SSSR count). The van der Waals surface area contributed by atoms with Gasteiger partial charge >= 0.3 is 0 Å². The summed E-state index contributed by atoms with van der Waals surface area (Å²) >= 11 is 4.74. The highest BCUT2D eigenvalue weighted by Crippen LogP contribution is 2.12. The van der Waals surface area contributed by atoms with Crippen LogP contribution in [0.3, 0.4) is 0 Å². The molecule has 0 saturated heterocycles. The van der Waals surface area contributed by atoms with Gasteiger partial charge in [-0.15, -0.1) is 11.3 Å². The summed E-state index contributed by atoms with van der Waals surface area (Å²) in [7, 11) is 0. The molecule has 2 heterocycles. The summed E-state index contributed by atoms with van der Waals surface area (Å²) in [6, 6.07) is 1.53. The molecule has 1 N–H and O–H groups in total. The average molecular weight is 358 g/mol. The molecule has 108 valence electrons. The zero-order valence-electron chi connectivity index (χ0n) is 11.2. The SMILES string of the molecule is Cc1cc(=O)n2c(CCNC(=O)CCCBr)csc2n1. The summed E-state index contributed by atoms with van der Waals surface area (Å²) in [4.78, 5) is 28.5. The standard InChI is InChI=1S/C13H16BrN3O2S/c1-9-7-12(19)17-10(8-20-13(17)16-9)4-6-15-11(18)3-2-5-14/h7-8H,2-6H2,1H3,(H,15,18). The number of hydrogen-bond donors (Lipinski definition) is 1. The van der Waals surface area contributed by atoms with Crippen LogP contribution >= 0.6 is 27.3 Å². The van der Waals surface area contributed by atoms with E-state index in [1.54, 1.807) is 4.40 Å². The Morgan fingerprint density at radius 1 is 1.55 bits per heavy atom. The molecule has 0 fully saturated rings. The lowest BCUT2D eigenvalue weighted by Gasteiger charge is -2.04. The highest BCUT2D eigenvalue weighted by Gasteiger charge is 2.08. The minimum Gasteiger partial charge on any atom is -0.356 e. The average Bonchev–Trinajstić information content (AvgIpc) is 2.79. The Bertz CT molecular complexity index is 665. The molecule has 0 radical (unpaired) electrons. The number of carbonyl (C=O) groups is 1. The van der Waals surface area contributed by atoms with Crippen molar-refractivity contribution in [1.29, 1.82) is 0 Å². The van der Waals surface area contributed by atoms with Crippen LogP contribution in [-0.2, 0) is 11.2 Å². The van der Waals surface area contributed by atoms with E-state index >= 15 is 0 Å². The molecular formula is C13H16BrN3O2S. The van der Waals surface area contributed by atoms with E-state index in [2.05, 4.69) is 26.2 Å². The van der Waals surface area contributed by atoms with Gasteiger partial charge in [0.05, 0.1) is 0 Å². The lowest BCUT2D eigenvalue weighted by molar-refractivity contribution is -0.121. The van der Waals surface area contributed by atoms with Gasteiger partial charge in [-0.2, -0.15) is 0 Å². The Balaban J connectivity index is 2.01. The third-order valence-corrected chi connectivity index (χ3v) is 4.28. The third kappa shape index (κ3) is 3.67. The Hall–Kier alpha value is -1.21. The van der Waals surface area contributed by atoms with Crippen LogP contribution in [0.25, 0.3) is 4.96 Å². The van der Waals surface area contributed by atoms with Crippen LogP contribution in [0.1, 0.15) is 24.2 Å². The summed E-state index contributed by atoms with van der Waals surface area (Å²) in [5.41, 5.74) is 1.56. The van der Waals surface area contributed by atoms with Crippen molar-refractivity contribution in [1.82, 2.24) is 14.7 Å². The summed E-state index contributed by atoms with van der Waals surface area (Å²) < 4.78 is 1.61.